The predicted molar refractivity (Wildman–Crippen MR) is 99.9 cm³/mol. The maximum Gasteiger partial charge on any atom is 0.279 e. The molecule has 0 aliphatic carbocycles. The fraction of sp³-hybridized carbons (Fsp3) is 0.211. The number of aromatic nitrogens is 2. The van der Waals surface area contributed by atoms with Crippen LogP contribution in [0.4, 0.5) is 10.1 Å². The molecule has 3 aromatic rings. The smallest absolute Gasteiger partial charge is 0.279 e. The van der Waals surface area contributed by atoms with E-state index in [1.54, 1.807) is 30.3 Å². The first-order valence-corrected chi connectivity index (χ1v) is 8.77. The highest BCUT2D eigenvalue weighted by Gasteiger charge is 2.24. The van der Waals surface area contributed by atoms with Crippen molar-refractivity contribution in [1.82, 2.24) is 10.2 Å². The minimum absolute atomic E-state index is 0.159. The number of rotatable bonds is 6. The van der Waals surface area contributed by atoms with E-state index in [0.29, 0.717) is 22.5 Å². The van der Waals surface area contributed by atoms with Crippen molar-refractivity contribution in [2.45, 2.75) is 13.0 Å². The Morgan fingerprint density at radius 3 is 2.78 bits per heavy atom. The molecule has 2 aromatic carbocycles. The molecular weight excluding hydrogens is 371 g/mol. The van der Waals surface area contributed by atoms with Gasteiger partial charge in [-0.1, -0.05) is 23.7 Å². The van der Waals surface area contributed by atoms with Crippen molar-refractivity contribution >= 4 is 23.2 Å². The number of quaternary nitrogens is 1. The number of nitrogens with zero attached hydrogens (tertiary/aromatic N) is 2. The molecule has 0 aliphatic heterocycles. The Balaban J connectivity index is 1.63. The zero-order valence-electron chi connectivity index (χ0n) is 14.9. The topological polar surface area (TPSA) is 72.5 Å². The molecule has 0 saturated heterocycles. The molecule has 140 valence electrons. The molecule has 0 spiro atoms. The van der Waals surface area contributed by atoms with Gasteiger partial charge < -0.3 is 14.6 Å². The van der Waals surface area contributed by atoms with E-state index >= 15 is 0 Å². The fourth-order valence-corrected chi connectivity index (χ4v) is 2.73. The van der Waals surface area contributed by atoms with E-state index in [1.165, 1.54) is 12.1 Å². The minimum Gasteiger partial charge on any atom is -0.415 e. The molecule has 27 heavy (non-hydrogen) atoms. The van der Waals surface area contributed by atoms with Crippen molar-refractivity contribution in [1.29, 1.82) is 0 Å². The van der Waals surface area contributed by atoms with Crippen LogP contribution in [-0.2, 0) is 4.79 Å². The highest BCUT2D eigenvalue weighted by Crippen LogP contribution is 2.22. The number of carbonyl (C=O) groups excluding carboxylic acids is 1. The molecule has 0 radical (unpaired) electrons. The first kappa shape index (κ1) is 19.0. The van der Waals surface area contributed by atoms with E-state index in [9.17, 15) is 9.18 Å². The number of benzene rings is 2. The van der Waals surface area contributed by atoms with Gasteiger partial charge >= 0.3 is 0 Å². The van der Waals surface area contributed by atoms with Crippen LogP contribution < -0.4 is 10.2 Å². The number of anilines is 1. The second-order valence-corrected chi connectivity index (χ2v) is 6.70. The molecule has 6 nitrogen and oxygen atoms in total. The standard InChI is InChI=1S/C19H18ClFN4O2/c1-12(18-23-24-19(27-18)13-5-3-6-14(20)9-13)25(2)11-17(26)22-16-8-4-7-15(21)10-16/h3-10,12H,11H2,1-2H3,(H,22,26)/p+1/t12-/m1/s1. The Morgan fingerprint density at radius 2 is 2.04 bits per heavy atom. The third-order valence-corrected chi connectivity index (χ3v) is 4.40. The molecule has 0 saturated carbocycles. The molecule has 0 aliphatic rings. The average Bonchev–Trinajstić information content (AvgIpc) is 3.11. The third kappa shape index (κ3) is 4.90. The summed E-state index contributed by atoms with van der Waals surface area (Å²) in [5.74, 6) is 0.151. The summed E-state index contributed by atoms with van der Waals surface area (Å²) in [7, 11) is 1.85. The van der Waals surface area contributed by atoms with Gasteiger partial charge in [0, 0.05) is 16.3 Å². The normalized spacial score (nSPS) is 13.2. The van der Waals surface area contributed by atoms with E-state index in [-0.39, 0.29) is 18.5 Å². The van der Waals surface area contributed by atoms with Crippen LogP contribution >= 0.6 is 11.6 Å². The van der Waals surface area contributed by atoms with Gasteiger partial charge in [-0.25, -0.2) is 4.39 Å². The predicted octanol–water partition coefficient (Wildman–Crippen LogP) is 2.74. The molecule has 1 aromatic heterocycles. The van der Waals surface area contributed by atoms with Crippen LogP contribution in [0, 0.1) is 5.82 Å². The maximum atomic E-state index is 13.2. The van der Waals surface area contributed by atoms with Crippen LogP contribution in [0.15, 0.2) is 52.9 Å². The summed E-state index contributed by atoms with van der Waals surface area (Å²) >= 11 is 5.99. The molecule has 2 N–H and O–H groups in total. The Labute approximate surface area is 161 Å². The van der Waals surface area contributed by atoms with Crippen molar-refractivity contribution in [3.63, 3.8) is 0 Å². The first-order valence-electron chi connectivity index (χ1n) is 8.39. The van der Waals surface area contributed by atoms with Crippen molar-refractivity contribution in [3.05, 3.63) is 65.3 Å². The number of halogens is 2. The second-order valence-electron chi connectivity index (χ2n) is 6.26. The van der Waals surface area contributed by atoms with E-state index in [1.807, 2.05) is 20.0 Å². The monoisotopic (exact) mass is 389 g/mol. The average molecular weight is 390 g/mol. The van der Waals surface area contributed by atoms with E-state index in [2.05, 4.69) is 15.5 Å². The lowest BCUT2D eigenvalue weighted by atomic mass is 10.2. The molecule has 1 heterocycles. The van der Waals surface area contributed by atoms with Crippen LogP contribution in [0.3, 0.4) is 0 Å². The van der Waals surface area contributed by atoms with Crippen LogP contribution in [0.25, 0.3) is 11.5 Å². The molecule has 0 bridgehead atoms. The van der Waals surface area contributed by atoms with Gasteiger partial charge in [0.2, 0.25) is 5.89 Å². The Morgan fingerprint density at radius 1 is 1.26 bits per heavy atom. The molecule has 0 fully saturated rings. The van der Waals surface area contributed by atoms with Gasteiger partial charge in [-0.15, -0.1) is 10.2 Å². The van der Waals surface area contributed by atoms with Gasteiger partial charge in [-0.2, -0.15) is 0 Å². The Bertz CT molecular complexity index is 947. The lowest BCUT2D eigenvalue weighted by molar-refractivity contribution is -0.903. The number of amides is 1. The van der Waals surface area contributed by atoms with Crippen LogP contribution in [-0.4, -0.2) is 29.7 Å². The molecule has 1 amide bonds. The van der Waals surface area contributed by atoms with Crippen molar-refractivity contribution < 1.29 is 18.5 Å². The summed E-state index contributed by atoms with van der Waals surface area (Å²) < 4.78 is 18.9. The zero-order chi connectivity index (χ0) is 19.4. The summed E-state index contributed by atoms with van der Waals surface area (Å²) in [5, 5.41) is 11.4. The van der Waals surface area contributed by atoms with Crippen molar-refractivity contribution in [2.24, 2.45) is 0 Å². The van der Waals surface area contributed by atoms with Crippen LogP contribution in [0.1, 0.15) is 18.9 Å². The van der Waals surface area contributed by atoms with Gasteiger partial charge in [-0.05, 0) is 43.3 Å². The lowest BCUT2D eigenvalue weighted by Gasteiger charge is -2.18. The van der Waals surface area contributed by atoms with E-state index < -0.39 is 5.82 Å². The van der Waals surface area contributed by atoms with E-state index in [4.69, 9.17) is 16.0 Å². The van der Waals surface area contributed by atoms with Crippen LogP contribution in [0.5, 0.6) is 0 Å². The SMILES string of the molecule is C[C@H](c1nnc(-c2cccc(Cl)c2)o1)[NH+](C)CC(=O)Nc1cccc(F)c1. The number of hydrogen-bond acceptors (Lipinski definition) is 4. The summed E-state index contributed by atoms with van der Waals surface area (Å²) in [5.41, 5.74) is 1.15. The number of hydrogen-bond donors (Lipinski definition) is 2. The highest BCUT2D eigenvalue weighted by atomic mass is 35.5. The molecule has 1 unspecified atom stereocenters. The zero-order valence-corrected chi connectivity index (χ0v) is 15.6. The second kappa shape index (κ2) is 8.28. The summed E-state index contributed by atoms with van der Waals surface area (Å²) in [6.45, 7) is 2.05. The maximum absolute atomic E-state index is 13.2. The van der Waals surface area contributed by atoms with Gasteiger partial charge in [-0.3, -0.25) is 4.79 Å². The lowest BCUT2D eigenvalue weighted by Crippen LogP contribution is -3.10. The quantitative estimate of drug-likeness (QED) is 0.680. The van der Waals surface area contributed by atoms with Gasteiger partial charge in [0.1, 0.15) is 5.82 Å². The Kier molecular flexibility index (Phi) is 5.83. The number of nitrogens with one attached hydrogen (secondary N) is 2. The van der Waals surface area contributed by atoms with Crippen molar-refractivity contribution in [3.8, 4) is 11.5 Å². The molecule has 3 rings (SSSR count). The van der Waals surface area contributed by atoms with Crippen LogP contribution in [0.2, 0.25) is 5.02 Å². The molecular formula is C19H19ClFN4O2+. The molecule has 2 atom stereocenters. The summed E-state index contributed by atoms with van der Waals surface area (Å²) in [6, 6.07) is 12.7. The largest absolute Gasteiger partial charge is 0.415 e. The fourth-order valence-electron chi connectivity index (χ4n) is 2.54. The first-order chi connectivity index (χ1) is 12.9. The highest BCUT2D eigenvalue weighted by molar-refractivity contribution is 6.30. The number of likely N-dealkylation sites (N-methyl/N-ethyl adjacent to an activating group) is 1. The van der Waals surface area contributed by atoms with Crippen molar-refractivity contribution in [2.75, 3.05) is 18.9 Å². The van der Waals surface area contributed by atoms with Gasteiger partial charge in [0.15, 0.2) is 12.6 Å². The number of carbonyl (C=O) groups is 1. The minimum atomic E-state index is -0.402. The van der Waals surface area contributed by atoms with Gasteiger partial charge in [0.05, 0.1) is 7.05 Å². The van der Waals surface area contributed by atoms with Gasteiger partial charge in [0.25, 0.3) is 11.8 Å². The summed E-state index contributed by atoms with van der Waals surface area (Å²) in [6.07, 6.45) is 0. The molecule has 8 heteroatoms. The Hall–Kier alpha value is -2.77. The van der Waals surface area contributed by atoms with E-state index in [0.717, 1.165) is 10.5 Å². The summed E-state index contributed by atoms with van der Waals surface area (Å²) in [4.78, 5) is 13.1. The third-order valence-electron chi connectivity index (χ3n) is 4.17.